The molecule has 1 aliphatic carbocycles. The Morgan fingerprint density at radius 3 is 2.73 bits per heavy atom. The van der Waals surface area contributed by atoms with Gasteiger partial charge in [-0.05, 0) is 22.6 Å². The molecular weight excluding hydrogens is 311 g/mol. The van der Waals surface area contributed by atoms with Gasteiger partial charge in [-0.3, -0.25) is 14.3 Å². The summed E-state index contributed by atoms with van der Waals surface area (Å²) in [6, 6.07) is 1.19. The van der Waals surface area contributed by atoms with Gasteiger partial charge in [0.25, 0.3) is 5.56 Å². The standard InChI is InChI=1S/C9H9IN2O3/c10-7-4-8(14)11-9(15)12(7)5-1-2-6(13)3-5/h1-2,4-6,13H,3H2,(H,11,14,15). The lowest BCUT2D eigenvalue weighted by Crippen LogP contribution is -2.33. The number of hydrogen-bond donors (Lipinski definition) is 2. The van der Waals surface area contributed by atoms with E-state index < -0.39 is 17.4 Å². The molecule has 0 bridgehead atoms. The largest absolute Gasteiger partial charge is 0.389 e. The van der Waals surface area contributed by atoms with Crippen LogP contribution in [0.15, 0.2) is 27.8 Å². The zero-order chi connectivity index (χ0) is 11.0. The minimum Gasteiger partial charge on any atom is -0.389 e. The van der Waals surface area contributed by atoms with Crippen LogP contribution in [0.2, 0.25) is 0 Å². The first kappa shape index (κ1) is 10.6. The summed E-state index contributed by atoms with van der Waals surface area (Å²) in [6.45, 7) is 0. The van der Waals surface area contributed by atoms with Crippen molar-refractivity contribution in [2.24, 2.45) is 0 Å². The van der Waals surface area contributed by atoms with Crippen LogP contribution >= 0.6 is 22.6 Å². The van der Waals surface area contributed by atoms with Crippen LogP contribution in [0, 0.1) is 3.70 Å². The molecule has 5 nitrogen and oxygen atoms in total. The molecule has 80 valence electrons. The summed E-state index contributed by atoms with van der Waals surface area (Å²) in [5.41, 5.74) is -0.834. The molecule has 0 amide bonds. The second kappa shape index (κ2) is 3.93. The van der Waals surface area contributed by atoms with Crippen LogP contribution in [0.5, 0.6) is 0 Å². The van der Waals surface area contributed by atoms with E-state index in [4.69, 9.17) is 0 Å². The molecule has 2 rings (SSSR count). The number of aliphatic hydroxyl groups is 1. The van der Waals surface area contributed by atoms with Crippen molar-refractivity contribution in [2.75, 3.05) is 0 Å². The van der Waals surface area contributed by atoms with Crippen molar-refractivity contribution in [1.29, 1.82) is 0 Å². The highest BCUT2D eigenvalue weighted by Gasteiger charge is 2.20. The van der Waals surface area contributed by atoms with E-state index >= 15 is 0 Å². The smallest absolute Gasteiger partial charge is 0.329 e. The van der Waals surface area contributed by atoms with E-state index in [0.717, 1.165) is 0 Å². The highest BCUT2D eigenvalue weighted by molar-refractivity contribution is 14.1. The molecule has 6 heteroatoms. The summed E-state index contributed by atoms with van der Waals surface area (Å²) >= 11 is 1.94. The second-order valence-corrected chi connectivity index (χ2v) is 4.49. The number of aromatic nitrogens is 2. The molecule has 0 aliphatic heterocycles. The summed E-state index contributed by atoms with van der Waals surface area (Å²) in [6.07, 6.45) is 3.39. The molecule has 2 unspecified atom stereocenters. The molecule has 2 atom stereocenters. The third-order valence-corrected chi connectivity index (χ3v) is 3.13. The summed E-state index contributed by atoms with van der Waals surface area (Å²) in [7, 11) is 0. The van der Waals surface area contributed by atoms with Crippen molar-refractivity contribution in [2.45, 2.75) is 18.6 Å². The van der Waals surface area contributed by atoms with Crippen molar-refractivity contribution in [1.82, 2.24) is 9.55 Å². The molecule has 1 heterocycles. The number of allylic oxidation sites excluding steroid dienone is 1. The summed E-state index contributed by atoms with van der Waals surface area (Å²) in [4.78, 5) is 24.7. The molecule has 2 N–H and O–H groups in total. The number of aliphatic hydroxyl groups excluding tert-OH is 1. The Bertz CT molecular complexity index is 517. The van der Waals surface area contributed by atoms with Crippen LogP contribution in [0.25, 0.3) is 0 Å². The van der Waals surface area contributed by atoms with Gasteiger partial charge in [0.1, 0.15) is 0 Å². The third-order valence-electron chi connectivity index (χ3n) is 2.30. The summed E-state index contributed by atoms with van der Waals surface area (Å²) in [5, 5.41) is 9.32. The number of rotatable bonds is 1. The Kier molecular flexibility index (Phi) is 2.79. The first-order chi connectivity index (χ1) is 7.08. The van der Waals surface area contributed by atoms with E-state index in [-0.39, 0.29) is 6.04 Å². The second-order valence-electron chi connectivity index (χ2n) is 3.39. The monoisotopic (exact) mass is 320 g/mol. The van der Waals surface area contributed by atoms with Crippen LogP contribution in [-0.4, -0.2) is 20.8 Å². The Hall–Kier alpha value is -0.890. The number of halogens is 1. The zero-order valence-electron chi connectivity index (χ0n) is 7.68. The average molecular weight is 320 g/mol. The lowest BCUT2D eigenvalue weighted by molar-refractivity contribution is 0.209. The fourth-order valence-electron chi connectivity index (χ4n) is 1.64. The molecule has 0 spiro atoms. The van der Waals surface area contributed by atoms with Crippen LogP contribution < -0.4 is 11.2 Å². The first-order valence-electron chi connectivity index (χ1n) is 4.45. The maximum absolute atomic E-state index is 11.5. The van der Waals surface area contributed by atoms with E-state index in [1.54, 1.807) is 12.2 Å². The van der Waals surface area contributed by atoms with Crippen LogP contribution in [-0.2, 0) is 0 Å². The average Bonchev–Trinajstić information content (AvgIpc) is 2.49. The van der Waals surface area contributed by atoms with Gasteiger partial charge in [-0.15, -0.1) is 0 Å². The quantitative estimate of drug-likeness (QED) is 0.435. The Morgan fingerprint density at radius 2 is 2.20 bits per heavy atom. The van der Waals surface area contributed by atoms with Gasteiger partial charge in [-0.1, -0.05) is 12.2 Å². The lowest BCUT2D eigenvalue weighted by atomic mass is 10.2. The predicted octanol–water partition coefficient (Wildman–Crippen LogP) is 0.00310. The van der Waals surface area contributed by atoms with E-state index in [1.807, 2.05) is 22.6 Å². The number of hydrogen-bond acceptors (Lipinski definition) is 3. The number of nitrogens with zero attached hydrogens (tertiary/aromatic N) is 1. The van der Waals surface area contributed by atoms with Crippen molar-refractivity contribution in [3.05, 3.63) is 42.8 Å². The molecule has 0 aromatic carbocycles. The van der Waals surface area contributed by atoms with Gasteiger partial charge in [-0.25, -0.2) is 4.79 Å². The van der Waals surface area contributed by atoms with Crippen molar-refractivity contribution < 1.29 is 5.11 Å². The molecule has 1 aromatic heterocycles. The van der Waals surface area contributed by atoms with E-state index in [0.29, 0.717) is 10.1 Å². The topological polar surface area (TPSA) is 75.1 Å². The van der Waals surface area contributed by atoms with E-state index in [2.05, 4.69) is 4.98 Å². The minimum atomic E-state index is -0.510. The van der Waals surface area contributed by atoms with Gasteiger partial charge >= 0.3 is 5.69 Å². The predicted molar refractivity (Wildman–Crippen MR) is 62.8 cm³/mol. The zero-order valence-corrected chi connectivity index (χ0v) is 9.84. The fourth-order valence-corrected chi connectivity index (χ4v) is 2.50. The van der Waals surface area contributed by atoms with Gasteiger partial charge < -0.3 is 5.11 Å². The van der Waals surface area contributed by atoms with Crippen LogP contribution in [0.3, 0.4) is 0 Å². The summed E-state index contributed by atoms with van der Waals surface area (Å²) in [5.74, 6) is 0. The van der Waals surface area contributed by atoms with Gasteiger partial charge in [0.2, 0.25) is 0 Å². The minimum absolute atomic E-state index is 0.170. The maximum atomic E-state index is 11.5. The van der Waals surface area contributed by atoms with Crippen molar-refractivity contribution in [3.63, 3.8) is 0 Å². The van der Waals surface area contributed by atoms with Gasteiger partial charge in [-0.2, -0.15) is 0 Å². The molecular formula is C9H9IN2O3. The van der Waals surface area contributed by atoms with E-state index in [9.17, 15) is 14.7 Å². The molecule has 0 radical (unpaired) electrons. The van der Waals surface area contributed by atoms with Crippen molar-refractivity contribution >= 4 is 22.6 Å². The van der Waals surface area contributed by atoms with Crippen LogP contribution in [0.1, 0.15) is 12.5 Å². The Balaban J connectivity index is 2.50. The molecule has 0 saturated carbocycles. The van der Waals surface area contributed by atoms with Crippen LogP contribution in [0.4, 0.5) is 0 Å². The highest BCUT2D eigenvalue weighted by atomic mass is 127. The van der Waals surface area contributed by atoms with Gasteiger partial charge in [0, 0.05) is 12.5 Å². The SMILES string of the molecule is O=c1cc(I)n(C2C=CC(O)C2)c(=O)[nH]1. The number of aromatic amines is 1. The van der Waals surface area contributed by atoms with E-state index in [1.165, 1.54) is 10.6 Å². The third kappa shape index (κ3) is 2.05. The Labute approximate surface area is 98.6 Å². The Morgan fingerprint density at radius 1 is 1.47 bits per heavy atom. The van der Waals surface area contributed by atoms with Crippen molar-refractivity contribution in [3.8, 4) is 0 Å². The number of nitrogens with one attached hydrogen (secondary N) is 1. The molecule has 0 fully saturated rings. The summed E-state index contributed by atoms with van der Waals surface area (Å²) < 4.78 is 2.04. The van der Waals surface area contributed by atoms with Gasteiger partial charge in [0.05, 0.1) is 15.8 Å². The highest BCUT2D eigenvalue weighted by Crippen LogP contribution is 2.22. The molecule has 1 aromatic rings. The lowest BCUT2D eigenvalue weighted by Gasteiger charge is -2.13. The number of H-pyrrole nitrogens is 1. The molecule has 15 heavy (non-hydrogen) atoms. The fraction of sp³-hybridized carbons (Fsp3) is 0.333. The molecule has 0 saturated heterocycles. The maximum Gasteiger partial charge on any atom is 0.329 e. The first-order valence-corrected chi connectivity index (χ1v) is 5.53. The van der Waals surface area contributed by atoms with Gasteiger partial charge in [0.15, 0.2) is 0 Å². The molecule has 1 aliphatic rings. The normalized spacial score (nSPS) is 24.7.